The van der Waals surface area contributed by atoms with Crippen molar-refractivity contribution in [1.82, 2.24) is 4.90 Å². The fourth-order valence-corrected chi connectivity index (χ4v) is 5.32. The molecule has 0 aliphatic carbocycles. The third kappa shape index (κ3) is 7.21. The van der Waals surface area contributed by atoms with Crippen LogP contribution in [0.3, 0.4) is 0 Å². The summed E-state index contributed by atoms with van der Waals surface area (Å²) in [6.07, 6.45) is 1.10. The highest BCUT2D eigenvalue weighted by Gasteiger charge is 2.29. The fraction of sp³-hybridized carbons (Fsp3) is 0.481. The monoisotopic (exact) mass is 534 g/mol. The van der Waals surface area contributed by atoms with Crippen molar-refractivity contribution < 1.29 is 31.9 Å². The number of piperidine rings is 1. The molecule has 2 aromatic carbocycles. The molecule has 0 saturated carbocycles. The van der Waals surface area contributed by atoms with E-state index in [0.29, 0.717) is 31.6 Å². The summed E-state index contributed by atoms with van der Waals surface area (Å²) in [7, 11) is -2.53. The van der Waals surface area contributed by atoms with E-state index in [1.165, 1.54) is 30.5 Å². The van der Waals surface area contributed by atoms with Crippen molar-refractivity contribution in [2.75, 3.05) is 30.3 Å². The summed E-state index contributed by atoms with van der Waals surface area (Å²) in [5.74, 6) is -1.38. The van der Waals surface area contributed by atoms with Crippen LogP contribution in [0.15, 0.2) is 42.5 Å². The van der Waals surface area contributed by atoms with Crippen molar-refractivity contribution in [3.05, 3.63) is 65.0 Å². The number of benzene rings is 2. The van der Waals surface area contributed by atoms with Gasteiger partial charge in [0.05, 0.1) is 30.7 Å². The molecule has 10 heteroatoms. The van der Waals surface area contributed by atoms with Gasteiger partial charge >= 0.3 is 12.1 Å². The summed E-state index contributed by atoms with van der Waals surface area (Å²) >= 11 is 0. The normalized spacial score (nSPS) is 14.8. The summed E-state index contributed by atoms with van der Waals surface area (Å²) in [6, 6.07) is 11.1. The predicted octanol–water partition coefficient (Wildman–Crippen LogP) is 5.08. The lowest BCUT2D eigenvalue weighted by Crippen LogP contribution is -2.41. The van der Waals surface area contributed by atoms with Crippen LogP contribution >= 0.6 is 0 Å². The minimum Gasteiger partial charge on any atom is -0.465 e. The van der Waals surface area contributed by atoms with E-state index in [1.807, 2.05) is 32.9 Å². The Balaban J connectivity index is 1.81. The average Bonchev–Trinajstić information content (AvgIpc) is 2.86. The van der Waals surface area contributed by atoms with E-state index in [4.69, 9.17) is 4.74 Å². The summed E-state index contributed by atoms with van der Waals surface area (Å²) in [5.41, 5.74) is 1.02. The van der Waals surface area contributed by atoms with Crippen LogP contribution in [-0.2, 0) is 26.0 Å². The molecule has 1 heterocycles. The standard InChI is InChI=1S/C27H35FN2O6S/c1-6-37(33,34)30(18-22-11-10-21(17-24(22)28)25(31)35-5)23-9-7-8-20(16-23)19-12-14-29(15-13-19)26(32)36-27(2,3)4/h7-11,16-17,19H,6,12-15,18H2,1-5H3. The molecule has 8 nitrogen and oxygen atoms in total. The number of likely N-dealkylation sites (tertiary alicyclic amines) is 1. The number of hydrogen-bond acceptors (Lipinski definition) is 6. The van der Waals surface area contributed by atoms with Gasteiger partial charge in [-0.3, -0.25) is 4.31 Å². The molecule has 0 unspecified atom stereocenters. The Bertz CT molecular complexity index is 1230. The molecular weight excluding hydrogens is 499 g/mol. The van der Waals surface area contributed by atoms with Crippen molar-refractivity contribution in [3.8, 4) is 0 Å². The van der Waals surface area contributed by atoms with Gasteiger partial charge in [-0.15, -0.1) is 0 Å². The number of carbonyl (C=O) groups excluding carboxylic acids is 2. The van der Waals surface area contributed by atoms with Crippen LogP contribution < -0.4 is 4.31 Å². The number of nitrogens with zero attached hydrogens (tertiary/aromatic N) is 2. The number of rotatable bonds is 7. The van der Waals surface area contributed by atoms with Crippen LogP contribution in [0.2, 0.25) is 0 Å². The predicted molar refractivity (Wildman–Crippen MR) is 140 cm³/mol. The van der Waals surface area contributed by atoms with Crippen LogP contribution in [0.4, 0.5) is 14.9 Å². The van der Waals surface area contributed by atoms with Crippen LogP contribution in [0, 0.1) is 5.82 Å². The Morgan fingerprint density at radius 2 is 1.78 bits per heavy atom. The van der Waals surface area contributed by atoms with Gasteiger partial charge in [0.15, 0.2) is 0 Å². The first-order valence-corrected chi connectivity index (χ1v) is 13.9. The van der Waals surface area contributed by atoms with E-state index < -0.39 is 27.4 Å². The zero-order chi connectivity index (χ0) is 27.4. The summed E-state index contributed by atoms with van der Waals surface area (Å²) in [4.78, 5) is 25.8. The number of halogens is 1. The zero-order valence-corrected chi connectivity index (χ0v) is 22.8. The maximum atomic E-state index is 14.8. The smallest absolute Gasteiger partial charge is 0.410 e. The number of anilines is 1. The molecule has 2 aromatic rings. The Labute approximate surface area is 218 Å². The highest BCUT2D eigenvalue weighted by Crippen LogP contribution is 2.32. The van der Waals surface area contributed by atoms with Gasteiger partial charge in [0, 0.05) is 18.7 Å². The van der Waals surface area contributed by atoms with Gasteiger partial charge in [-0.2, -0.15) is 0 Å². The zero-order valence-electron chi connectivity index (χ0n) is 22.0. The Morgan fingerprint density at radius 3 is 2.35 bits per heavy atom. The highest BCUT2D eigenvalue weighted by molar-refractivity contribution is 7.92. The van der Waals surface area contributed by atoms with E-state index in [9.17, 15) is 22.4 Å². The van der Waals surface area contributed by atoms with E-state index in [2.05, 4.69) is 4.74 Å². The first kappa shape index (κ1) is 28.4. The van der Waals surface area contributed by atoms with Crippen molar-refractivity contribution >= 4 is 27.8 Å². The number of methoxy groups -OCH3 is 1. The maximum absolute atomic E-state index is 14.8. The molecule has 0 spiro atoms. The van der Waals surface area contributed by atoms with Crippen molar-refractivity contribution in [1.29, 1.82) is 0 Å². The van der Waals surface area contributed by atoms with Crippen LogP contribution in [0.25, 0.3) is 0 Å². The number of esters is 1. The molecule has 1 saturated heterocycles. The molecule has 0 N–H and O–H groups in total. The Kier molecular flexibility index (Phi) is 8.84. The van der Waals surface area contributed by atoms with Gasteiger partial charge in [-0.05, 0) is 76.3 Å². The molecule has 0 bridgehead atoms. The molecule has 0 aromatic heterocycles. The molecule has 0 atom stereocenters. The number of ether oxygens (including phenoxy) is 2. The van der Waals surface area contributed by atoms with E-state index in [0.717, 1.165) is 11.6 Å². The first-order valence-electron chi connectivity index (χ1n) is 12.3. The van der Waals surface area contributed by atoms with Crippen molar-refractivity contribution in [2.45, 2.75) is 58.6 Å². The third-order valence-corrected chi connectivity index (χ3v) is 8.01. The molecule has 37 heavy (non-hydrogen) atoms. The number of hydrogen-bond donors (Lipinski definition) is 0. The lowest BCUT2D eigenvalue weighted by Gasteiger charge is -2.34. The second kappa shape index (κ2) is 11.5. The average molecular weight is 535 g/mol. The second-order valence-electron chi connectivity index (χ2n) is 10.0. The van der Waals surface area contributed by atoms with Gasteiger partial charge in [0.1, 0.15) is 11.4 Å². The van der Waals surface area contributed by atoms with E-state index >= 15 is 0 Å². The topological polar surface area (TPSA) is 93.2 Å². The summed E-state index contributed by atoms with van der Waals surface area (Å²) in [5, 5.41) is 0. The largest absolute Gasteiger partial charge is 0.465 e. The maximum Gasteiger partial charge on any atom is 0.410 e. The van der Waals surface area contributed by atoms with Gasteiger partial charge in [-0.25, -0.2) is 22.4 Å². The lowest BCUT2D eigenvalue weighted by atomic mass is 9.89. The molecule has 3 rings (SSSR count). The fourth-order valence-electron chi connectivity index (χ4n) is 4.24. The number of sulfonamides is 1. The summed E-state index contributed by atoms with van der Waals surface area (Å²) in [6.45, 7) is 7.90. The van der Waals surface area contributed by atoms with Gasteiger partial charge in [0.25, 0.3) is 0 Å². The van der Waals surface area contributed by atoms with E-state index in [-0.39, 0.29) is 35.4 Å². The summed E-state index contributed by atoms with van der Waals surface area (Å²) < 4.78 is 52.2. The Hall–Kier alpha value is -3.14. The minimum atomic E-state index is -3.74. The number of carbonyl (C=O) groups is 2. The third-order valence-electron chi connectivity index (χ3n) is 6.26. The minimum absolute atomic E-state index is 0.0494. The van der Waals surface area contributed by atoms with E-state index in [1.54, 1.807) is 17.0 Å². The lowest BCUT2D eigenvalue weighted by molar-refractivity contribution is 0.0204. The number of amides is 1. The van der Waals surface area contributed by atoms with Crippen molar-refractivity contribution in [2.24, 2.45) is 0 Å². The van der Waals surface area contributed by atoms with Crippen LogP contribution in [0.1, 0.15) is 67.9 Å². The Morgan fingerprint density at radius 1 is 1.11 bits per heavy atom. The molecule has 1 fully saturated rings. The molecular formula is C27H35FN2O6S. The first-order chi connectivity index (χ1) is 17.3. The molecule has 1 aliphatic heterocycles. The molecule has 1 amide bonds. The SMILES string of the molecule is CCS(=O)(=O)N(Cc1ccc(C(=O)OC)cc1F)c1cccc(C2CCN(C(=O)OC(C)(C)C)CC2)c1. The van der Waals surface area contributed by atoms with Crippen molar-refractivity contribution in [3.63, 3.8) is 0 Å². The second-order valence-corrected chi connectivity index (χ2v) is 12.2. The van der Waals surface area contributed by atoms with Gasteiger partial charge < -0.3 is 14.4 Å². The highest BCUT2D eigenvalue weighted by atomic mass is 32.2. The quantitative estimate of drug-likeness (QED) is 0.460. The van der Waals surface area contributed by atoms with Crippen LogP contribution in [0.5, 0.6) is 0 Å². The molecule has 0 radical (unpaired) electrons. The van der Waals surface area contributed by atoms with Crippen LogP contribution in [-0.4, -0.2) is 56.9 Å². The molecule has 202 valence electrons. The van der Waals surface area contributed by atoms with Gasteiger partial charge in [-0.1, -0.05) is 18.2 Å². The molecule has 1 aliphatic rings. The van der Waals surface area contributed by atoms with Gasteiger partial charge in [0.2, 0.25) is 10.0 Å².